The SMILES string of the molecule is CC(C)OC(=O)C(C)(C)c1cc2cc(CC(=O)C3(c4ccc5c(c4)OC(F)(F)O5)CC3)c(F)cc2n1C[C@@H](O)CO. The number of hydrogen-bond donors (Lipinski definition) is 2. The number of aliphatic hydroxyl groups is 2. The molecule has 1 saturated carbocycles. The van der Waals surface area contributed by atoms with Crippen molar-refractivity contribution < 1.29 is 47.2 Å². The molecule has 1 aliphatic heterocycles. The van der Waals surface area contributed by atoms with E-state index in [-0.39, 0.29) is 41.9 Å². The normalized spacial score (nSPS) is 17.6. The van der Waals surface area contributed by atoms with Gasteiger partial charge >= 0.3 is 12.3 Å². The molecule has 0 spiro atoms. The van der Waals surface area contributed by atoms with E-state index >= 15 is 4.39 Å². The molecule has 1 atom stereocenters. The maximum atomic E-state index is 15.5. The van der Waals surface area contributed by atoms with Crippen LogP contribution in [-0.2, 0) is 38.1 Å². The number of hydrogen-bond acceptors (Lipinski definition) is 7. The fourth-order valence-electron chi connectivity index (χ4n) is 5.36. The second-order valence-electron chi connectivity index (χ2n) is 11.6. The number of alkyl halides is 2. The quantitative estimate of drug-likeness (QED) is 0.342. The van der Waals surface area contributed by atoms with Crippen LogP contribution in [0.4, 0.5) is 13.2 Å². The highest BCUT2D eigenvalue weighted by Crippen LogP contribution is 2.52. The molecule has 8 nitrogen and oxygen atoms in total. The average molecular weight is 576 g/mol. The molecule has 0 radical (unpaired) electrons. The van der Waals surface area contributed by atoms with Crippen molar-refractivity contribution in [2.24, 2.45) is 0 Å². The predicted octanol–water partition coefficient (Wildman–Crippen LogP) is 4.53. The molecule has 1 fully saturated rings. The maximum Gasteiger partial charge on any atom is 0.586 e. The first-order valence-electron chi connectivity index (χ1n) is 13.4. The van der Waals surface area contributed by atoms with Crippen LogP contribution in [0.1, 0.15) is 57.4 Å². The number of Topliss-reactive ketones (excluding diaryl/α,β-unsaturated/α-hetero) is 1. The van der Waals surface area contributed by atoms with Gasteiger partial charge in [0.15, 0.2) is 11.5 Å². The van der Waals surface area contributed by atoms with Gasteiger partial charge < -0.3 is 29.0 Å². The summed E-state index contributed by atoms with van der Waals surface area (Å²) in [7, 11) is 0. The smallest absolute Gasteiger partial charge is 0.462 e. The maximum absolute atomic E-state index is 15.5. The van der Waals surface area contributed by atoms with Crippen LogP contribution in [0.25, 0.3) is 10.9 Å². The number of carbonyl (C=O) groups excluding carboxylic acids is 2. The topological polar surface area (TPSA) is 107 Å². The third-order valence-electron chi connectivity index (χ3n) is 7.76. The van der Waals surface area contributed by atoms with Crippen LogP contribution >= 0.6 is 0 Å². The molecule has 0 amide bonds. The molecule has 0 unspecified atom stereocenters. The molecule has 220 valence electrons. The monoisotopic (exact) mass is 575 g/mol. The number of fused-ring (bicyclic) bond motifs is 2. The summed E-state index contributed by atoms with van der Waals surface area (Å²) in [5, 5.41) is 20.2. The summed E-state index contributed by atoms with van der Waals surface area (Å²) in [5.41, 5.74) is -0.661. The molecular weight excluding hydrogens is 543 g/mol. The van der Waals surface area contributed by atoms with Crippen molar-refractivity contribution in [2.45, 2.75) is 82.8 Å². The highest BCUT2D eigenvalue weighted by Gasteiger charge is 2.52. The summed E-state index contributed by atoms with van der Waals surface area (Å²) in [6.45, 7) is 6.13. The summed E-state index contributed by atoms with van der Waals surface area (Å²) in [5.74, 6) is -1.71. The zero-order chi connectivity index (χ0) is 29.9. The number of ketones is 1. The third-order valence-corrected chi connectivity index (χ3v) is 7.76. The molecule has 2 heterocycles. The van der Waals surface area contributed by atoms with Crippen LogP contribution in [0.2, 0.25) is 0 Å². The summed E-state index contributed by atoms with van der Waals surface area (Å²) < 4.78 is 58.5. The molecule has 11 heteroatoms. The van der Waals surface area contributed by atoms with Gasteiger partial charge in [-0.25, -0.2) is 4.39 Å². The van der Waals surface area contributed by atoms with Crippen molar-refractivity contribution >= 4 is 22.7 Å². The molecule has 2 N–H and O–H groups in total. The van der Waals surface area contributed by atoms with Crippen molar-refractivity contribution in [1.29, 1.82) is 0 Å². The lowest BCUT2D eigenvalue weighted by Crippen LogP contribution is -2.36. The van der Waals surface area contributed by atoms with E-state index in [4.69, 9.17) is 4.74 Å². The van der Waals surface area contributed by atoms with Crippen molar-refractivity contribution in [2.75, 3.05) is 6.61 Å². The van der Waals surface area contributed by atoms with E-state index in [2.05, 4.69) is 9.47 Å². The molecule has 2 aromatic carbocycles. The van der Waals surface area contributed by atoms with Crippen molar-refractivity contribution in [1.82, 2.24) is 4.57 Å². The van der Waals surface area contributed by atoms with E-state index in [1.54, 1.807) is 44.4 Å². The molecular formula is C30H32F3NO7. The number of halogens is 3. The van der Waals surface area contributed by atoms with Crippen LogP contribution in [0.15, 0.2) is 36.4 Å². The van der Waals surface area contributed by atoms with E-state index < -0.39 is 41.6 Å². The minimum Gasteiger partial charge on any atom is -0.462 e. The lowest BCUT2D eigenvalue weighted by molar-refractivity contribution is -0.286. The zero-order valence-electron chi connectivity index (χ0n) is 23.2. The van der Waals surface area contributed by atoms with E-state index in [1.807, 2.05) is 0 Å². The van der Waals surface area contributed by atoms with Gasteiger partial charge in [-0.3, -0.25) is 9.59 Å². The third kappa shape index (κ3) is 5.28. The Morgan fingerprint density at radius 2 is 1.78 bits per heavy atom. The second kappa shape index (κ2) is 10.1. The number of esters is 1. The number of rotatable bonds is 10. The molecule has 2 aliphatic rings. The van der Waals surface area contributed by atoms with Crippen molar-refractivity contribution in [3.63, 3.8) is 0 Å². The predicted molar refractivity (Wildman–Crippen MR) is 142 cm³/mol. The minimum absolute atomic E-state index is 0.0995. The number of benzene rings is 2. The second-order valence-corrected chi connectivity index (χ2v) is 11.6. The Balaban J connectivity index is 1.48. The van der Waals surface area contributed by atoms with E-state index in [1.165, 1.54) is 24.3 Å². The fourth-order valence-corrected chi connectivity index (χ4v) is 5.36. The van der Waals surface area contributed by atoms with Crippen LogP contribution in [0.3, 0.4) is 0 Å². The Hall–Kier alpha value is -3.57. The van der Waals surface area contributed by atoms with Crippen molar-refractivity contribution in [3.05, 3.63) is 59.0 Å². The highest BCUT2D eigenvalue weighted by molar-refractivity contribution is 5.96. The van der Waals surface area contributed by atoms with Crippen LogP contribution in [-0.4, -0.2) is 51.6 Å². The van der Waals surface area contributed by atoms with Gasteiger partial charge in [0.25, 0.3) is 0 Å². The van der Waals surface area contributed by atoms with Gasteiger partial charge in [0.05, 0.1) is 36.3 Å². The zero-order valence-corrected chi connectivity index (χ0v) is 23.2. The fraction of sp³-hybridized carbons (Fsp3) is 0.467. The Bertz CT molecular complexity index is 1520. The Kier molecular flexibility index (Phi) is 7.10. The van der Waals surface area contributed by atoms with Crippen LogP contribution < -0.4 is 9.47 Å². The standard InChI is InChI=1S/C30H32F3NO7/c1-16(2)39-27(38)28(3,4)25-10-18-9-17(21(31)13-22(18)34(25)14-20(36)15-35)11-26(37)29(7-8-29)19-5-6-23-24(12-19)41-30(32,33)40-23/h5-6,9-10,12-13,16,20,35-36H,7-8,11,14-15H2,1-4H3/t20-/m1/s1. The van der Waals surface area contributed by atoms with Crippen LogP contribution in [0, 0.1) is 5.82 Å². The molecule has 3 aromatic rings. The molecule has 0 bridgehead atoms. The first-order chi connectivity index (χ1) is 19.2. The summed E-state index contributed by atoms with van der Waals surface area (Å²) in [4.78, 5) is 26.5. The highest BCUT2D eigenvalue weighted by atomic mass is 19.3. The largest absolute Gasteiger partial charge is 0.586 e. The molecule has 5 rings (SSSR count). The Labute approximate surface area is 234 Å². The van der Waals surface area contributed by atoms with Gasteiger partial charge in [-0.2, -0.15) is 0 Å². The Morgan fingerprint density at radius 1 is 1.10 bits per heavy atom. The Morgan fingerprint density at radius 3 is 2.41 bits per heavy atom. The lowest BCUT2D eigenvalue weighted by Gasteiger charge is -2.27. The summed E-state index contributed by atoms with van der Waals surface area (Å²) >= 11 is 0. The van der Waals surface area contributed by atoms with E-state index in [0.29, 0.717) is 35.0 Å². The van der Waals surface area contributed by atoms with Gasteiger partial charge in [0.2, 0.25) is 0 Å². The van der Waals surface area contributed by atoms with E-state index in [9.17, 15) is 28.6 Å². The first-order valence-corrected chi connectivity index (χ1v) is 13.4. The first kappa shape index (κ1) is 28.9. The van der Waals surface area contributed by atoms with Gasteiger partial charge in [-0.05, 0) is 82.0 Å². The van der Waals surface area contributed by atoms with Gasteiger partial charge in [0.1, 0.15) is 17.0 Å². The van der Waals surface area contributed by atoms with Gasteiger partial charge in [-0.1, -0.05) is 6.07 Å². The van der Waals surface area contributed by atoms with Crippen LogP contribution in [0.5, 0.6) is 11.5 Å². The number of carbonyl (C=O) groups is 2. The number of nitrogens with zero attached hydrogens (tertiary/aromatic N) is 1. The van der Waals surface area contributed by atoms with Gasteiger partial charge in [0, 0.05) is 17.5 Å². The molecule has 1 aliphatic carbocycles. The number of aromatic nitrogens is 1. The summed E-state index contributed by atoms with van der Waals surface area (Å²) in [6, 6.07) is 8.73. The molecule has 0 saturated heterocycles. The van der Waals surface area contributed by atoms with E-state index in [0.717, 1.165) is 0 Å². The average Bonchev–Trinajstić information content (AvgIpc) is 3.54. The molecule has 1 aromatic heterocycles. The number of aliphatic hydroxyl groups excluding tert-OH is 2. The minimum atomic E-state index is -3.78. The number of ether oxygens (including phenoxy) is 3. The molecule has 41 heavy (non-hydrogen) atoms. The van der Waals surface area contributed by atoms with Crippen molar-refractivity contribution in [3.8, 4) is 11.5 Å². The lowest BCUT2D eigenvalue weighted by atomic mass is 9.87. The summed E-state index contributed by atoms with van der Waals surface area (Å²) in [6.07, 6.45) is -4.58. The van der Waals surface area contributed by atoms with Gasteiger partial charge in [-0.15, -0.1) is 8.78 Å².